The maximum Gasteiger partial charge on any atom is 0.193 e. The number of hydrogen-bond acceptors (Lipinski definition) is 1. The van der Waals surface area contributed by atoms with E-state index in [1.165, 1.54) is 11.1 Å². The third-order valence-electron chi connectivity index (χ3n) is 3.18. The van der Waals surface area contributed by atoms with Crippen molar-refractivity contribution in [2.24, 2.45) is 4.99 Å². The molecule has 0 saturated carbocycles. The lowest BCUT2D eigenvalue weighted by molar-refractivity contribution is 0.379. The number of nitrogens with one attached hydrogen (secondary N) is 1. The minimum absolute atomic E-state index is 0.972. The van der Waals surface area contributed by atoms with E-state index in [1.807, 2.05) is 7.05 Å². The van der Waals surface area contributed by atoms with Crippen LogP contribution >= 0.6 is 0 Å². The molecule has 0 aromatic heterocycles. The fourth-order valence-electron chi connectivity index (χ4n) is 2.25. The molecular formula is C14H21N3. The Balaban J connectivity index is 2.06. The van der Waals surface area contributed by atoms with Gasteiger partial charge in [-0.3, -0.25) is 4.99 Å². The minimum atomic E-state index is 0.972. The molecule has 3 nitrogen and oxygen atoms in total. The van der Waals surface area contributed by atoms with Crippen molar-refractivity contribution in [1.82, 2.24) is 10.2 Å². The zero-order valence-electron chi connectivity index (χ0n) is 10.7. The summed E-state index contributed by atoms with van der Waals surface area (Å²) in [5.41, 5.74) is 2.91. The monoisotopic (exact) mass is 231 g/mol. The first-order valence-corrected chi connectivity index (χ1v) is 6.37. The van der Waals surface area contributed by atoms with Gasteiger partial charge < -0.3 is 10.2 Å². The number of guanidine groups is 1. The highest BCUT2D eigenvalue weighted by atomic mass is 15.3. The first-order chi connectivity index (χ1) is 8.35. The van der Waals surface area contributed by atoms with Crippen molar-refractivity contribution >= 4 is 5.96 Å². The average Bonchev–Trinajstić information content (AvgIpc) is 2.39. The Bertz CT molecular complexity index is 398. The van der Waals surface area contributed by atoms with Crippen LogP contribution in [0.5, 0.6) is 0 Å². The Labute approximate surface area is 104 Å². The van der Waals surface area contributed by atoms with Crippen LogP contribution in [-0.4, -0.2) is 31.0 Å². The molecule has 0 atom stereocenters. The summed E-state index contributed by atoms with van der Waals surface area (Å²) in [6.45, 7) is 5.19. The molecule has 0 unspecified atom stereocenters. The van der Waals surface area contributed by atoms with E-state index in [0.29, 0.717) is 0 Å². The van der Waals surface area contributed by atoms with Crippen LogP contribution in [0.2, 0.25) is 0 Å². The molecule has 1 aliphatic heterocycles. The quantitative estimate of drug-likeness (QED) is 0.623. The molecule has 0 aliphatic carbocycles. The lowest BCUT2D eigenvalue weighted by atomic mass is 10.0. The van der Waals surface area contributed by atoms with Crippen LogP contribution in [0.4, 0.5) is 0 Å². The second kappa shape index (κ2) is 5.71. The predicted molar refractivity (Wildman–Crippen MR) is 72.2 cm³/mol. The number of benzene rings is 1. The first-order valence-electron chi connectivity index (χ1n) is 6.37. The second-order valence-electron chi connectivity index (χ2n) is 4.41. The van der Waals surface area contributed by atoms with Crippen LogP contribution in [-0.2, 0) is 13.0 Å². The Morgan fingerprint density at radius 3 is 2.82 bits per heavy atom. The smallest absolute Gasteiger partial charge is 0.193 e. The van der Waals surface area contributed by atoms with Crippen molar-refractivity contribution in [3.8, 4) is 0 Å². The van der Waals surface area contributed by atoms with Crippen molar-refractivity contribution in [2.75, 3.05) is 20.1 Å². The van der Waals surface area contributed by atoms with Crippen LogP contribution in [0, 0.1) is 0 Å². The molecule has 0 radical (unpaired) electrons. The Morgan fingerprint density at radius 2 is 2.12 bits per heavy atom. The minimum Gasteiger partial charge on any atom is -0.356 e. The van der Waals surface area contributed by atoms with Gasteiger partial charge in [0.2, 0.25) is 0 Å². The van der Waals surface area contributed by atoms with Gasteiger partial charge in [-0.15, -0.1) is 0 Å². The summed E-state index contributed by atoms with van der Waals surface area (Å²) in [6, 6.07) is 8.69. The molecule has 1 N–H and O–H groups in total. The SMILES string of the molecule is CCCNC(=NC)N1CCc2ccccc2C1. The lowest BCUT2D eigenvalue weighted by Gasteiger charge is -2.31. The van der Waals surface area contributed by atoms with Gasteiger partial charge in [-0.05, 0) is 24.0 Å². The lowest BCUT2D eigenvalue weighted by Crippen LogP contribution is -2.44. The number of nitrogens with zero attached hydrogens (tertiary/aromatic N) is 2. The van der Waals surface area contributed by atoms with Crippen molar-refractivity contribution in [1.29, 1.82) is 0 Å². The van der Waals surface area contributed by atoms with Crippen molar-refractivity contribution < 1.29 is 0 Å². The van der Waals surface area contributed by atoms with E-state index in [2.05, 4.69) is 46.4 Å². The van der Waals surface area contributed by atoms with Gasteiger partial charge in [0, 0.05) is 26.7 Å². The van der Waals surface area contributed by atoms with Gasteiger partial charge in [0.1, 0.15) is 0 Å². The number of aliphatic imine (C=N–C) groups is 1. The van der Waals surface area contributed by atoms with Gasteiger partial charge >= 0.3 is 0 Å². The van der Waals surface area contributed by atoms with Crippen LogP contribution < -0.4 is 5.32 Å². The third-order valence-corrected chi connectivity index (χ3v) is 3.18. The molecule has 2 rings (SSSR count). The van der Waals surface area contributed by atoms with E-state index < -0.39 is 0 Å². The summed E-state index contributed by atoms with van der Waals surface area (Å²) in [6.07, 6.45) is 2.24. The maximum absolute atomic E-state index is 4.35. The van der Waals surface area contributed by atoms with Crippen LogP contribution in [0.25, 0.3) is 0 Å². The largest absolute Gasteiger partial charge is 0.356 e. The summed E-state index contributed by atoms with van der Waals surface area (Å²) < 4.78 is 0. The van der Waals surface area contributed by atoms with Gasteiger partial charge in [-0.25, -0.2) is 0 Å². The maximum atomic E-state index is 4.35. The second-order valence-corrected chi connectivity index (χ2v) is 4.41. The molecule has 0 spiro atoms. The molecule has 1 aromatic rings. The Kier molecular flexibility index (Phi) is 4.02. The van der Waals surface area contributed by atoms with Gasteiger partial charge in [-0.1, -0.05) is 31.2 Å². The van der Waals surface area contributed by atoms with Crippen LogP contribution in [0.3, 0.4) is 0 Å². The molecule has 1 aliphatic rings. The topological polar surface area (TPSA) is 27.6 Å². The van der Waals surface area contributed by atoms with E-state index in [-0.39, 0.29) is 0 Å². The van der Waals surface area contributed by atoms with E-state index >= 15 is 0 Å². The van der Waals surface area contributed by atoms with Crippen LogP contribution in [0.1, 0.15) is 24.5 Å². The van der Waals surface area contributed by atoms with E-state index in [4.69, 9.17) is 0 Å². The van der Waals surface area contributed by atoms with Crippen molar-refractivity contribution in [2.45, 2.75) is 26.3 Å². The molecule has 1 aromatic carbocycles. The zero-order chi connectivity index (χ0) is 12.1. The molecule has 0 amide bonds. The Hall–Kier alpha value is -1.51. The fourth-order valence-corrected chi connectivity index (χ4v) is 2.25. The van der Waals surface area contributed by atoms with E-state index in [1.54, 1.807) is 0 Å². The molecule has 92 valence electrons. The van der Waals surface area contributed by atoms with Gasteiger partial charge in [0.25, 0.3) is 0 Å². The highest BCUT2D eigenvalue weighted by Crippen LogP contribution is 2.18. The Morgan fingerprint density at radius 1 is 1.35 bits per heavy atom. The zero-order valence-corrected chi connectivity index (χ0v) is 10.7. The first kappa shape index (κ1) is 12.0. The third kappa shape index (κ3) is 2.78. The summed E-state index contributed by atoms with van der Waals surface area (Å²) in [5.74, 6) is 1.03. The highest BCUT2D eigenvalue weighted by Gasteiger charge is 2.17. The van der Waals surface area contributed by atoms with E-state index in [0.717, 1.165) is 38.4 Å². The predicted octanol–water partition coefficient (Wildman–Crippen LogP) is 2.03. The van der Waals surface area contributed by atoms with Gasteiger partial charge in [0.05, 0.1) is 0 Å². The average molecular weight is 231 g/mol. The number of hydrogen-bond donors (Lipinski definition) is 1. The van der Waals surface area contributed by atoms with Crippen LogP contribution in [0.15, 0.2) is 29.3 Å². The normalized spacial score (nSPS) is 15.6. The summed E-state index contributed by atoms with van der Waals surface area (Å²) in [5, 5.41) is 3.40. The highest BCUT2D eigenvalue weighted by molar-refractivity contribution is 5.80. The standard InChI is InChI=1S/C14H21N3/c1-3-9-16-14(15-2)17-10-8-12-6-4-5-7-13(12)11-17/h4-7H,3,8-11H2,1-2H3,(H,15,16). The van der Waals surface area contributed by atoms with E-state index in [9.17, 15) is 0 Å². The molecule has 1 heterocycles. The fraction of sp³-hybridized carbons (Fsp3) is 0.500. The van der Waals surface area contributed by atoms with Gasteiger partial charge in [-0.2, -0.15) is 0 Å². The number of rotatable bonds is 2. The summed E-state index contributed by atoms with van der Waals surface area (Å²) >= 11 is 0. The molecule has 0 bridgehead atoms. The van der Waals surface area contributed by atoms with Gasteiger partial charge in [0.15, 0.2) is 5.96 Å². The van der Waals surface area contributed by atoms with Crippen molar-refractivity contribution in [3.05, 3.63) is 35.4 Å². The number of fused-ring (bicyclic) bond motifs is 1. The molecule has 0 saturated heterocycles. The molecular weight excluding hydrogens is 210 g/mol. The summed E-state index contributed by atoms with van der Waals surface area (Å²) in [4.78, 5) is 6.68. The molecule has 0 fully saturated rings. The molecule has 3 heteroatoms. The summed E-state index contributed by atoms with van der Waals surface area (Å²) in [7, 11) is 1.86. The van der Waals surface area contributed by atoms with Crippen molar-refractivity contribution in [3.63, 3.8) is 0 Å². The molecule has 17 heavy (non-hydrogen) atoms.